The first-order chi connectivity index (χ1) is 5.81. The van der Waals surface area contributed by atoms with Crippen molar-refractivity contribution in [3.8, 4) is 0 Å². The Bertz CT molecular complexity index is 227. The molecule has 1 saturated carbocycles. The fourth-order valence-corrected chi connectivity index (χ4v) is 2.54. The summed E-state index contributed by atoms with van der Waals surface area (Å²) in [6.07, 6.45) is 7.83. The lowest BCUT2D eigenvalue weighted by Gasteiger charge is -2.24. The van der Waals surface area contributed by atoms with Gasteiger partial charge in [0.25, 0.3) is 0 Å². The van der Waals surface area contributed by atoms with Crippen LogP contribution in [0.3, 0.4) is 0 Å². The standard InChI is InChI=1S/C11H16O/c1-2-3-9-6-8-4-5-10(7-8)11(9)12/h5,8-9H,2-4,6-7H2,1H3. The van der Waals surface area contributed by atoms with Gasteiger partial charge < -0.3 is 0 Å². The zero-order valence-electron chi connectivity index (χ0n) is 7.68. The Labute approximate surface area is 73.8 Å². The molecule has 2 aliphatic rings. The van der Waals surface area contributed by atoms with Crippen molar-refractivity contribution in [1.29, 1.82) is 0 Å². The number of Topliss-reactive ketones (excluding diaryl/α,β-unsaturated/α-hetero) is 1. The summed E-state index contributed by atoms with van der Waals surface area (Å²) >= 11 is 0. The molecule has 0 aromatic carbocycles. The van der Waals surface area contributed by atoms with Crippen LogP contribution in [0, 0.1) is 11.8 Å². The third-order valence-corrected chi connectivity index (χ3v) is 3.15. The lowest BCUT2D eigenvalue weighted by Crippen LogP contribution is -2.23. The van der Waals surface area contributed by atoms with Gasteiger partial charge in [-0.15, -0.1) is 0 Å². The fourth-order valence-electron chi connectivity index (χ4n) is 2.54. The molecule has 1 nitrogen and oxygen atoms in total. The number of ketones is 1. The molecule has 12 heavy (non-hydrogen) atoms. The van der Waals surface area contributed by atoms with Crippen LogP contribution in [0.5, 0.6) is 0 Å². The van der Waals surface area contributed by atoms with Crippen LogP contribution in [0.25, 0.3) is 0 Å². The first kappa shape index (κ1) is 8.03. The third-order valence-electron chi connectivity index (χ3n) is 3.15. The smallest absolute Gasteiger partial charge is 0.161 e. The zero-order chi connectivity index (χ0) is 8.55. The molecule has 0 aromatic rings. The molecular weight excluding hydrogens is 148 g/mol. The number of allylic oxidation sites excluding steroid dienone is 2. The van der Waals surface area contributed by atoms with Crippen LogP contribution in [-0.2, 0) is 4.79 Å². The number of hydrogen-bond donors (Lipinski definition) is 0. The molecule has 0 spiro atoms. The molecule has 0 aliphatic heterocycles. The van der Waals surface area contributed by atoms with E-state index in [1.807, 2.05) is 0 Å². The molecule has 2 rings (SSSR count). The van der Waals surface area contributed by atoms with Crippen molar-refractivity contribution in [1.82, 2.24) is 0 Å². The molecule has 2 aliphatic carbocycles. The van der Waals surface area contributed by atoms with Gasteiger partial charge >= 0.3 is 0 Å². The lowest BCUT2D eigenvalue weighted by molar-refractivity contribution is -0.121. The number of hydrogen-bond acceptors (Lipinski definition) is 1. The molecular formula is C11H16O. The molecule has 2 bridgehead atoms. The Balaban J connectivity index is 2.09. The molecule has 2 unspecified atom stereocenters. The van der Waals surface area contributed by atoms with E-state index in [0.29, 0.717) is 11.7 Å². The predicted octanol–water partition coefficient (Wildman–Crippen LogP) is 2.71. The van der Waals surface area contributed by atoms with Gasteiger partial charge in [0.2, 0.25) is 0 Å². The van der Waals surface area contributed by atoms with Crippen LogP contribution in [0.1, 0.15) is 39.0 Å². The maximum absolute atomic E-state index is 11.7. The predicted molar refractivity (Wildman–Crippen MR) is 48.8 cm³/mol. The Morgan fingerprint density at radius 1 is 1.58 bits per heavy atom. The Morgan fingerprint density at radius 2 is 2.42 bits per heavy atom. The van der Waals surface area contributed by atoms with E-state index >= 15 is 0 Å². The third kappa shape index (κ3) is 1.21. The van der Waals surface area contributed by atoms with Crippen LogP contribution in [0.4, 0.5) is 0 Å². The van der Waals surface area contributed by atoms with Crippen LogP contribution < -0.4 is 0 Å². The van der Waals surface area contributed by atoms with Crippen molar-refractivity contribution < 1.29 is 4.79 Å². The summed E-state index contributed by atoms with van der Waals surface area (Å²) in [5.41, 5.74) is 1.14. The fraction of sp³-hybridized carbons (Fsp3) is 0.727. The van der Waals surface area contributed by atoms with E-state index in [-0.39, 0.29) is 0 Å². The Kier molecular flexibility index (Phi) is 2.03. The van der Waals surface area contributed by atoms with Crippen molar-refractivity contribution in [3.63, 3.8) is 0 Å². The summed E-state index contributed by atoms with van der Waals surface area (Å²) in [5, 5.41) is 0. The van der Waals surface area contributed by atoms with Gasteiger partial charge in [0.1, 0.15) is 0 Å². The van der Waals surface area contributed by atoms with E-state index < -0.39 is 0 Å². The quantitative estimate of drug-likeness (QED) is 0.613. The average molecular weight is 164 g/mol. The molecule has 1 heteroatoms. The van der Waals surface area contributed by atoms with Crippen molar-refractivity contribution in [2.24, 2.45) is 11.8 Å². The molecule has 0 amide bonds. The van der Waals surface area contributed by atoms with Crippen molar-refractivity contribution in [2.45, 2.75) is 39.0 Å². The second-order valence-electron chi connectivity index (χ2n) is 4.12. The number of carbonyl (C=O) groups is 1. The van der Waals surface area contributed by atoms with Crippen LogP contribution >= 0.6 is 0 Å². The van der Waals surface area contributed by atoms with Crippen molar-refractivity contribution in [3.05, 3.63) is 11.6 Å². The zero-order valence-corrected chi connectivity index (χ0v) is 7.68. The van der Waals surface area contributed by atoms with E-state index in [2.05, 4.69) is 13.0 Å². The maximum Gasteiger partial charge on any atom is 0.161 e. The monoisotopic (exact) mass is 164 g/mol. The molecule has 1 fully saturated rings. The first-order valence-corrected chi connectivity index (χ1v) is 5.04. The van der Waals surface area contributed by atoms with Crippen molar-refractivity contribution in [2.75, 3.05) is 0 Å². The Morgan fingerprint density at radius 3 is 3.17 bits per heavy atom. The van der Waals surface area contributed by atoms with E-state index in [0.717, 1.165) is 37.2 Å². The lowest BCUT2D eigenvalue weighted by atomic mass is 9.79. The SMILES string of the molecule is CCCC1CC2CC=C(C2)C1=O. The first-order valence-electron chi connectivity index (χ1n) is 5.04. The highest BCUT2D eigenvalue weighted by atomic mass is 16.1. The largest absolute Gasteiger partial charge is 0.294 e. The number of rotatable bonds is 2. The molecule has 0 radical (unpaired) electrons. The summed E-state index contributed by atoms with van der Waals surface area (Å²) < 4.78 is 0. The van der Waals surface area contributed by atoms with Gasteiger partial charge in [-0.05, 0) is 37.2 Å². The maximum atomic E-state index is 11.7. The highest BCUT2D eigenvalue weighted by molar-refractivity contribution is 5.98. The molecule has 0 saturated heterocycles. The highest BCUT2D eigenvalue weighted by Crippen LogP contribution is 2.39. The molecule has 0 N–H and O–H groups in total. The number of carbonyl (C=O) groups excluding carboxylic acids is 1. The van der Waals surface area contributed by atoms with Crippen molar-refractivity contribution >= 4 is 5.78 Å². The minimum absolute atomic E-state index is 0.377. The average Bonchev–Trinajstić information content (AvgIpc) is 2.45. The van der Waals surface area contributed by atoms with Crippen LogP contribution in [-0.4, -0.2) is 5.78 Å². The summed E-state index contributed by atoms with van der Waals surface area (Å²) in [6.45, 7) is 2.16. The Hall–Kier alpha value is -0.590. The van der Waals surface area contributed by atoms with Gasteiger partial charge in [-0.2, -0.15) is 0 Å². The summed E-state index contributed by atoms with van der Waals surface area (Å²) in [5.74, 6) is 1.65. The second-order valence-corrected chi connectivity index (χ2v) is 4.12. The van der Waals surface area contributed by atoms with Gasteiger partial charge in [-0.3, -0.25) is 4.79 Å². The summed E-state index contributed by atoms with van der Waals surface area (Å²) in [4.78, 5) is 11.7. The van der Waals surface area contributed by atoms with E-state index in [1.165, 1.54) is 6.42 Å². The minimum atomic E-state index is 0.377. The van der Waals surface area contributed by atoms with Crippen LogP contribution in [0.2, 0.25) is 0 Å². The van der Waals surface area contributed by atoms with Gasteiger partial charge in [0.05, 0.1) is 0 Å². The summed E-state index contributed by atoms with van der Waals surface area (Å²) in [6, 6.07) is 0. The van der Waals surface area contributed by atoms with Gasteiger partial charge in [-0.1, -0.05) is 19.4 Å². The molecule has 0 aromatic heterocycles. The number of fused-ring (bicyclic) bond motifs is 2. The van der Waals surface area contributed by atoms with Gasteiger partial charge in [-0.25, -0.2) is 0 Å². The molecule has 2 atom stereocenters. The molecule has 66 valence electrons. The van der Waals surface area contributed by atoms with E-state index in [4.69, 9.17) is 0 Å². The normalized spacial score (nSPS) is 33.8. The molecule has 0 heterocycles. The summed E-state index contributed by atoms with van der Waals surface area (Å²) in [7, 11) is 0. The van der Waals surface area contributed by atoms with Gasteiger partial charge in [0, 0.05) is 5.92 Å². The highest BCUT2D eigenvalue weighted by Gasteiger charge is 2.34. The van der Waals surface area contributed by atoms with Gasteiger partial charge in [0.15, 0.2) is 5.78 Å². The topological polar surface area (TPSA) is 17.1 Å². The van der Waals surface area contributed by atoms with E-state index in [9.17, 15) is 4.79 Å². The van der Waals surface area contributed by atoms with E-state index in [1.54, 1.807) is 0 Å². The van der Waals surface area contributed by atoms with Crippen LogP contribution in [0.15, 0.2) is 11.6 Å². The second kappa shape index (κ2) is 3.04. The minimum Gasteiger partial charge on any atom is -0.294 e.